The summed E-state index contributed by atoms with van der Waals surface area (Å²) in [7, 11) is 1.72. The molecule has 0 aliphatic heterocycles. The number of carbonyl (C=O) groups excluding carboxylic acids is 1. The number of nitrogens with one attached hydrogen (secondary N) is 1. The van der Waals surface area contributed by atoms with Gasteiger partial charge in [0.25, 0.3) is 11.5 Å². The summed E-state index contributed by atoms with van der Waals surface area (Å²) in [5, 5.41) is 3.05. The van der Waals surface area contributed by atoms with Crippen LogP contribution in [0.5, 0.6) is 0 Å². The van der Waals surface area contributed by atoms with E-state index in [4.69, 9.17) is 0 Å². The molecule has 0 radical (unpaired) electrons. The second-order valence-corrected chi connectivity index (χ2v) is 7.61. The molecule has 1 N–H and O–H groups in total. The van der Waals surface area contributed by atoms with Gasteiger partial charge in [0.15, 0.2) is 0 Å². The Morgan fingerprint density at radius 3 is 2.83 bits per heavy atom. The molecule has 0 fully saturated rings. The monoisotopic (exact) mass is 345 g/mol. The fourth-order valence-corrected chi connectivity index (χ4v) is 3.84. The summed E-state index contributed by atoms with van der Waals surface area (Å²) in [5.74, 6) is 0.136. The van der Waals surface area contributed by atoms with Crippen molar-refractivity contribution in [3.63, 3.8) is 0 Å². The number of fused-ring (bicyclic) bond motifs is 1. The van der Waals surface area contributed by atoms with Crippen LogP contribution in [0.15, 0.2) is 16.2 Å². The lowest BCUT2D eigenvalue weighted by Crippen LogP contribution is -2.32. The summed E-state index contributed by atoms with van der Waals surface area (Å²) >= 11 is 1.61. The van der Waals surface area contributed by atoms with Crippen molar-refractivity contribution in [2.45, 2.75) is 52.0 Å². The largest absolute Gasteiger partial charge is 0.336 e. The van der Waals surface area contributed by atoms with Crippen molar-refractivity contribution < 1.29 is 4.79 Å². The number of H-pyrrole nitrogens is 1. The molecule has 5 nitrogen and oxygen atoms in total. The van der Waals surface area contributed by atoms with Crippen molar-refractivity contribution in [1.82, 2.24) is 14.9 Å². The molecule has 0 spiro atoms. The van der Waals surface area contributed by atoms with E-state index in [1.165, 1.54) is 0 Å². The highest BCUT2D eigenvalue weighted by Crippen LogP contribution is 2.21. The number of hydrogen-bond acceptors (Lipinski definition) is 4. The maximum absolute atomic E-state index is 12.7. The number of aromatic nitrogens is 2. The molecule has 6 heteroatoms. The van der Waals surface area contributed by atoms with Crippen LogP contribution < -0.4 is 5.56 Å². The number of carbonyl (C=O) groups is 1. The summed E-state index contributed by atoms with van der Waals surface area (Å²) in [5.41, 5.74) is 2.92. The zero-order valence-electron chi connectivity index (χ0n) is 14.4. The highest BCUT2D eigenvalue weighted by atomic mass is 32.1. The third-order valence-corrected chi connectivity index (χ3v) is 5.57. The van der Waals surface area contributed by atoms with Crippen molar-refractivity contribution in [3.05, 3.63) is 49.3 Å². The van der Waals surface area contributed by atoms with E-state index < -0.39 is 0 Å². The van der Waals surface area contributed by atoms with E-state index in [-0.39, 0.29) is 17.0 Å². The quantitative estimate of drug-likeness (QED) is 0.926. The van der Waals surface area contributed by atoms with Crippen LogP contribution in [0.25, 0.3) is 0 Å². The Labute approximate surface area is 145 Å². The van der Waals surface area contributed by atoms with Gasteiger partial charge in [-0.05, 0) is 37.3 Å². The molecule has 0 unspecified atom stereocenters. The first-order valence-corrected chi connectivity index (χ1v) is 9.28. The molecule has 3 rings (SSSR count). The first-order chi connectivity index (χ1) is 11.5. The van der Waals surface area contributed by atoms with E-state index in [0.29, 0.717) is 12.5 Å². The number of thiazole rings is 1. The molecule has 1 amide bonds. The first-order valence-electron chi connectivity index (χ1n) is 8.40. The van der Waals surface area contributed by atoms with Crippen LogP contribution >= 0.6 is 11.3 Å². The summed E-state index contributed by atoms with van der Waals surface area (Å²) < 4.78 is 0. The summed E-state index contributed by atoms with van der Waals surface area (Å²) in [6.07, 6.45) is 4.03. The average molecular weight is 345 g/mol. The van der Waals surface area contributed by atoms with Crippen LogP contribution in [-0.2, 0) is 19.4 Å². The number of nitrogens with zero attached hydrogens (tertiary/aromatic N) is 2. The standard InChI is InChI=1S/C18H23N3O2S/c1-11(2)17-19-13(10-24-17)9-21(3)18(23)14-8-12-6-4-5-7-15(12)20-16(14)22/h8,10-11H,4-7,9H2,1-3H3,(H,20,22). The van der Waals surface area contributed by atoms with Crippen molar-refractivity contribution >= 4 is 17.2 Å². The zero-order valence-corrected chi connectivity index (χ0v) is 15.2. The highest BCUT2D eigenvalue weighted by molar-refractivity contribution is 7.09. The number of amides is 1. The number of rotatable bonds is 4. The lowest BCUT2D eigenvalue weighted by atomic mass is 9.95. The fourth-order valence-electron chi connectivity index (χ4n) is 3.01. The lowest BCUT2D eigenvalue weighted by molar-refractivity contribution is 0.0781. The minimum absolute atomic E-state index is 0.234. The van der Waals surface area contributed by atoms with Crippen LogP contribution in [-0.4, -0.2) is 27.8 Å². The van der Waals surface area contributed by atoms with Crippen LogP contribution in [0.3, 0.4) is 0 Å². The summed E-state index contributed by atoms with van der Waals surface area (Å²) in [6, 6.07) is 1.78. The van der Waals surface area contributed by atoms with Gasteiger partial charge in [-0.15, -0.1) is 11.3 Å². The molecule has 24 heavy (non-hydrogen) atoms. The Kier molecular flexibility index (Phi) is 4.85. The lowest BCUT2D eigenvalue weighted by Gasteiger charge is -2.19. The van der Waals surface area contributed by atoms with Gasteiger partial charge in [-0.25, -0.2) is 4.98 Å². The van der Waals surface area contributed by atoms with Gasteiger partial charge in [0, 0.05) is 24.0 Å². The predicted molar refractivity (Wildman–Crippen MR) is 95.7 cm³/mol. The summed E-state index contributed by atoms with van der Waals surface area (Å²) in [4.78, 5) is 34.0. The topological polar surface area (TPSA) is 66.1 Å². The molecule has 2 aromatic heterocycles. The van der Waals surface area contributed by atoms with Gasteiger partial charge in [-0.1, -0.05) is 13.8 Å². The van der Waals surface area contributed by atoms with Crippen molar-refractivity contribution in [2.24, 2.45) is 0 Å². The van der Waals surface area contributed by atoms with Gasteiger partial charge in [0.1, 0.15) is 5.56 Å². The van der Waals surface area contributed by atoms with E-state index in [9.17, 15) is 9.59 Å². The van der Waals surface area contributed by atoms with Crippen molar-refractivity contribution in [2.75, 3.05) is 7.05 Å². The van der Waals surface area contributed by atoms with Crippen LogP contribution in [0.1, 0.15) is 64.9 Å². The smallest absolute Gasteiger partial charge is 0.261 e. The minimum Gasteiger partial charge on any atom is -0.336 e. The Hall–Kier alpha value is -1.95. The molecule has 2 heterocycles. The second-order valence-electron chi connectivity index (χ2n) is 6.72. The molecule has 0 atom stereocenters. The molecule has 0 bridgehead atoms. The molecule has 0 aromatic carbocycles. The maximum atomic E-state index is 12.7. The number of aromatic amines is 1. The van der Waals surface area contributed by atoms with E-state index in [0.717, 1.165) is 47.6 Å². The Balaban J connectivity index is 1.79. The normalized spacial score (nSPS) is 13.8. The molecule has 0 saturated carbocycles. The van der Waals surface area contributed by atoms with Gasteiger partial charge in [-0.3, -0.25) is 9.59 Å². The molecule has 0 saturated heterocycles. The maximum Gasteiger partial charge on any atom is 0.261 e. The van der Waals surface area contributed by atoms with Crippen molar-refractivity contribution in [3.8, 4) is 0 Å². The van der Waals surface area contributed by atoms with Crippen molar-refractivity contribution in [1.29, 1.82) is 0 Å². The number of aryl methyl sites for hydroxylation is 2. The highest BCUT2D eigenvalue weighted by Gasteiger charge is 2.20. The van der Waals surface area contributed by atoms with Gasteiger partial charge in [0.05, 0.1) is 17.2 Å². The van der Waals surface area contributed by atoms with Gasteiger partial charge in [0.2, 0.25) is 0 Å². The Bertz CT molecular complexity index is 807. The third kappa shape index (κ3) is 3.43. The molecular formula is C18H23N3O2S. The van der Waals surface area contributed by atoms with Crippen LogP contribution in [0.2, 0.25) is 0 Å². The predicted octanol–water partition coefficient (Wildman–Crippen LogP) is 3.11. The van der Waals surface area contributed by atoms with Gasteiger partial charge in [-0.2, -0.15) is 0 Å². The number of hydrogen-bond donors (Lipinski definition) is 1. The molecule has 1 aliphatic rings. The van der Waals surface area contributed by atoms with Gasteiger partial charge >= 0.3 is 0 Å². The Morgan fingerprint density at radius 1 is 1.38 bits per heavy atom. The van der Waals surface area contributed by atoms with Crippen LogP contribution in [0.4, 0.5) is 0 Å². The molecular weight excluding hydrogens is 322 g/mol. The SMILES string of the molecule is CC(C)c1nc(CN(C)C(=O)c2cc3c([nH]c2=O)CCCC3)cs1. The van der Waals surface area contributed by atoms with E-state index in [1.807, 2.05) is 5.38 Å². The zero-order chi connectivity index (χ0) is 17.3. The van der Waals surface area contributed by atoms with E-state index in [1.54, 1.807) is 29.4 Å². The summed E-state index contributed by atoms with van der Waals surface area (Å²) in [6.45, 7) is 4.62. The first kappa shape index (κ1) is 16.9. The molecule has 128 valence electrons. The Morgan fingerprint density at radius 2 is 2.12 bits per heavy atom. The molecule has 2 aromatic rings. The van der Waals surface area contributed by atoms with E-state index >= 15 is 0 Å². The van der Waals surface area contributed by atoms with E-state index in [2.05, 4.69) is 23.8 Å². The number of pyridine rings is 1. The average Bonchev–Trinajstić information content (AvgIpc) is 3.02. The van der Waals surface area contributed by atoms with Gasteiger partial charge < -0.3 is 9.88 Å². The third-order valence-electron chi connectivity index (χ3n) is 4.38. The fraction of sp³-hybridized carbons (Fsp3) is 0.500. The molecule has 1 aliphatic carbocycles. The minimum atomic E-state index is -0.284. The van der Waals surface area contributed by atoms with Crippen LogP contribution in [0, 0.1) is 0 Å². The second kappa shape index (κ2) is 6.89.